The molecule has 0 amide bonds. The monoisotopic (exact) mass is 153 g/mol. The van der Waals surface area contributed by atoms with Crippen LogP contribution in [-0.2, 0) is 4.74 Å². The standard InChI is InChI=1S/C9H15NO/c1-2-3-10-4-8-6-11-7-9(8)5-10/h2,8-9H,1,3-7H2/t8-,9+. The van der Waals surface area contributed by atoms with E-state index in [1.165, 1.54) is 13.1 Å². The minimum absolute atomic E-state index is 0.815. The Morgan fingerprint density at radius 3 is 2.55 bits per heavy atom. The van der Waals surface area contributed by atoms with E-state index in [0.29, 0.717) is 0 Å². The quantitative estimate of drug-likeness (QED) is 0.543. The van der Waals surface area contributed by atoms with Crippen LogP contribution in [0.5, 0.6) is 0 Å². The summed E-state index contributed by atoms with van der Waals surface area (Å²) in [5.41, 5.74) is 0. The summed E-state index contributed by atoms with van der Waals surface area (Å²) >= 11 is 0. The molecule has 0 saturated carbocycles. The first-order valence-corrected chi connectivity index (χ1v) is 4.31. The summed E-state index contributed by atoms with van der Waals surface area (Å²) in [7, 11) is 0. The largest absolute Gasteiger partial charge is 0.381 e. The number of ether oxygens (including phenoxy) is 1. The van der Waals surface area contributed by atoms with E-state index in [1.807, 2.05) is 6.08 Å². The van der Waals surface area contributed by atoms with Crippen molar-refractivity contribution in [3.8, 4) is 0 Å². The van der Waals surface area contributed by atoms with E-state index in [-0.39, 0.29) is 0 Å². The minimum Gasteiger partial charge on any atom is -0.381 e. The van der Waals surface area contributed by atoms with Crippen LogP contribution in [0.1, 0.15) is 0 Å². The highest BCUT2D eigenvalue weighted by Gasteiger charge is 2.36. The van der Waals surface area contributed by atoms with Crippen LogP contribution in [0.25, 0.3) is 0 Å². The Hall–Kier alpha value is -0.340. The zero-order valence-electron chi connectivity index (χ0n) is 6.83. The lowest BCUT2D eigenvalue weighted by Gasteiger charge is -2.13. The molecule has 0 radical (unpaired) electrons. The van der Waals surface area contributed by atoms with Crippen molar-refractivity contribution in [2.24, 2.45) is 11.8 Å². The first kappa shape index (κ1) is 7.32. The van der Waals surface area contributed by atoms with E-state index < -0.39 is 0 Å². The van der Waals surface area contributed by atoms with E-state index in [4.69, 9.17) is 4.74 Å². The summed E-state index contributed by atoms with van der Waals surface area (Å²) in [5, 5.41) is 0. The van der Waals surface area contributed by atoms with E-state index in [1.54, 1.807) is 0 Å². The molecular weight excluding hydrogens is 138 g/mol. The summed E-state index contributed by atoms with van der Waals surface area (Å²) < 4.78 is 5.39. The molecule has 0 unspecified atom stereocenters. The normalized spacial score (nSPS) is 37.5. The zero-order valence-corrected chi connectivity index (χ0v) is 6.83. The molecule has 2 saturated heterocycles. The molecule has 0 aromatic heterocycles. The van der Waals surface area contributed by atoms with Crippen molar-refractivity contribution < 1.29 is 4.74 Å². The maximum absolute atomic E-state index is 5.39. The molecule has 2 nitrogen and oxygen atoms in total. The fraction of sp³-hybridized carbons (Fsp3) is 0.778. The van der Waals surface area contributed by atoms with Crippen LogP contribution in [-0.4, -0.2) is 37.7 Å². The van der Waals surface area contributed by atoms with Crippen LogP contribution in [0.4, 0.5) is 0 Å². The van der Waals surface area contributed by atoms with Crippen molar-refractivity contribution in [1.82, 2.24) is 4.90 Å². The summed E-state index contributed by atoms with van der Waals surface area (Å²) in [4.78, 5) is 2.46. The number of rotatable bonds is 2. The Labute approximate surface area is 67.8 Å². The highest BCUT2D eigenvalue weighted by molar-refractivity contribution is 4.89. The third-order valence-corrected chi connectivity index (χ3v) is 2.70. The maximum atomic E-state index is 5.39. The molecule has 0 aliphatic carbocycles. The predicted molar refractivity (Wildman–Crippen MR) is 44.4 cm³/mol. The molecule has 62 valence electrons. The number of fused-ring (bicyclic) bond motifs is 1. The lowest BCUT2D eigenvalue weighted by Crippen LogP contribution is -2.22. The van der Waals surface area contributed by atoms with Gasteiger partial charge in [-0.2, -0.15) is 0 Å². The molecule has 2 atom stereocenters. The van der Waals surface area contributed by atoms with Crippen molar-refractivity contribution in [1.29, 1.82) is 0 Å². The smallest absolute Gasteiger partial charge is 0.0510 e. The average Bonchev–Trinajstić information content (AvgIpc) is 2.46. The number of likely N-dealkylation sites (tertiary alicyclic amines) is 1. The Balaban J connectivity index is 1.89. The maximum Gasteiger partial charge on any atom is 0.0510 e. The van der Waals surface area contributed by atoms with Gasteiger partial charge in [0.1, 0.15) is 0 Å². The number of hydrogen-bond donors (Lipinski definition) is 0. The van der Waals surface area contributed by atoms with Gasteiger partial charge in [-0.3, -0.25) is 4.90 Å². The van der Waals surface area contributed by atoms with Gasteiger partial charge >= 0.3 is 0 Å². The van der Waals surface area contributed by atoms with E-state index in [9.17, 15) is 0 Å². The number of hydrogen-bond acceptors (Lipinski definition) is 2. The van der Waals surface area contributed by atoms with Crippen molar-refractivity contribution in [2.45, 2.75) is 0 Å². The predicted octanol–water partition coefficient (Wildman–Crippen LogP) is 0.751. The third-order valence-electron chi connectivity index (χ3n) is 2.70. The van der Waals surface area contributed by atoms with Gasteiger partial charge in [-0.15, -0.1) is 6.58 Å². The second kappa shape index (κ2) is 2.95. The van der Waals surface area contributed by atoms with Gasteiger partial charge in [0.05, 0.1) is 13.2 Å². The van der Waals surface area contributed by atoms with Gasteiger partial charge in [0, 0.05) is 31.5 Å². The average molecular weight is 153 g/mol. The highest BCUT2D eigenvalue weighted by Crippen LogP contribution is 2.28. The molecule has 2 aliphatic heterocycles. The van der Waals surface area contributed by atoms with Gasteiger partial charge in [0.15, 0.2) is 0 Å². The van der Waals surface area contributed by atoms with Gasteiger partial charge in [0.2, 0.25) is 0 Å². The van der Waals surface area contributed by atoms with E-state index in [0.717, 1.165) is 31.6 Å². The molecule has 0 aromatic rings. The molecule has 0 bridgehead atoms. The lowest BCUT2D eigenvalue weighted by molar-refractivity contribution is 0.157. The Morgan fingerprint density at radius 2 is 2.00 bits per heavy atom. The summed E-state index contributed by atoms with van der Waals surface area (Å²) in [6.45, 7) is 9.20. The molecule has 0 aromatic carbocycles. The molecule has 2 heterocycles. The topological polar surface area (TPSA) is 12.5 Å². The van der Waals surface area contributed by atoms with Gasteiger partial charge in [0.25, 0.3) is 0 Å². The van der Waals surface area contributed by atoms with E-state index in [2.05, 4.69) is 11.5 Å². The van der Waals surface area contributed by atoms with Crippen molar-refractivity contribution in [3.05, 3.63) is 12.7 Å². The second-order valence-electron chi connectivity index (χ2n) is 3.56. The van der Waals surface area contributed by atoms with Crippen LogP contribution >= 0.6 is 0 Å². The first-order valence-electron chi connectivity index (χ1n) is 4.31. The fourth-order valence-electron chi connectivity index (χ4n) is 2.12. The summed E-state index contributed by atoms with van der Waals surface area (Å²) in [6.07, 6.45) is 1.99. The Kier molecular flexibility index (Phi) is 1.96. The van der Waals surface area contributed by atoms with Gasteiger partial charge in [-0.05, 0) is 0 Å². The molecule has 2 rings (SSSR count). The highest BCUT2D eigenvalue weighted by atomic mass is 16.5. The molecule has 0 N–H and O–H groups in total. The fourth-order valence-corrected chi connectivity index (χ4v) is 2.12. The van der Waals surface area contributed by atoms with Crippen molar-refractivity contribution in [3.63, 3.8) is 0 Å². The van der Waals surface area contributed by atoms with Crippen molar-refractivity contribution in [2.75, 3.05) is 32.8 Å². The minimum atomic E-state index is 0.815. The zero-order chi connectivity index (χ0) is 7.68. The molecular formula is C9H15NO. The molecule has 2 fully saturated rings. The molecule has 11 heavy (non-hydrogen) atoms. The van der Waals surface area contributed by atoms with Gasteiger partial charge in [-0.1, -0.05) is 6.08 Å². The van der Waals surface area contributed by atoms with Crippen LogP contribution in [0.15, 0.2) is 12.7 Å². The SMILES string of the molecule is C=CCN1C[C@H]2COC[C@H]2C1. The first-order chi connectivity index (χ1) is 5.40. The van der Waals surface area contributed by atoms with Crippen LogP contribution in [0.3, 0.4) is 0 Å². The number of nitrogens with zero attached hydrogens (tertiary/aromatic N) is 1. The van der Waals surface area contributed by atoms with Crippen LogP contribution in [0, 0.1) is 11.8 Å². The lowest BCUT2D eigenvalue weighted by atomic mass is 10.0. The van der Waals surface area contributed by atoms with Gasteiger partial charge < -0.3 is 4.74 Å². The Morgan fingerprint density at radius 1 is 1.36 bits per heavy atom. The van der Waals surface area contributed by atoms with Crippen molar-refractivity contribution >= 4 is 0 Å². The van der Waals surface area contributed by atoms with Crippen LogP contribution < -0.4 is 0 Å². The second-order valence-corrected chi connectivity index (χ2v) is 3.56. The summed E-state index contributed by atoms with van der Waals surface area (Å²) in [5.74, 6) is 1.63. The van der Waals surface area contributed by atoms with Crippen LogP contribution in [0.2, 0.25) is 0 Å². The Bertz CT molecular complexity index is 146. The summed E-state index contributed by atoms with van der Waals surface area (Å²) in [6, 6.07) is 0. The van der Waals surface area contributed by atoms with Gasteiger partial charge in [-0.25, -0.2) is 0 Å². The molecule has 2 heteroatoms. The molecule has 2 aliphatic rings. The van der Waals surface area contributed by atoms with E-state index >= 15 is 0 Å². The molecule has 0 spiro atoms. The third kappa shape index (κ3) is 1.33.